The van der Waals surface area contributed by atoms with Gasteiger partial charge in [0.25, 0.3) is 0 Å². The lowest BCUT2D eigenvalue weighted by atomic mass is 10.0. The molecule has 16 heavy (non-hydrogen) atoms. The summed E-state index contributed by atoms with van der Waals surface area (Å²) in [4.78, 5) is 10.9. The summed E-state index contributed by atoms with van der Waals surface area (Å²) in [5.41, 5.74) is 5.94. The van der Waals surface area contributed by atoms with E-state index in [0.29, 0.717) is 22.9 Å². The highest BCUT2D eigenvalue weighted by Gasteiger charge is 2.18. The number of rotatable bonds is 5. The number of amides is 1. The minimum atomic E-state index is -1.00. The SMILES string of the molecule is NC(=O)c1cccc(C(O)C(O)CCBr)c1. The molecule has 2 unspecified atom stereocenters. The van der Waals surface area contributed by atoms with Gasteiger partial charge in [-0.05, 0) is 24.1 Å². The number of carbonyl (C=O) groups excluding carboxylic acids is 1. The van der Waals surface area contributed by atoms with E-state index in [-0.39, 0.29) is 0 Å². The van der Waals surface area contributed by atoms with Crippen LogP contribution in [-0.4, -0.2) is 27.6 Å². The Kier molecular flexibility index (Phi) is 4.92. The summed E-state index contributed by atoms with van der Waals surface area (Å²) in [7, 11) is 0. The Morgan fingerprint density at radius 2 is 2.12 bits per heavy atom. The van der Waals surface area contributed by atoms with Crippen molar-refractivity contribution in [2.75, 3.05) is 5.33 Å². The highest BCUT2D eigenvalue weighted by Crippen LogP contribution is 2.20. The maximum Gasteiger partial charge on any atom is 0.248 e. The monoisotopic (exact) mass is 287 g/mol. The van der Waals surface area contributed by atoms with Crippen molar-refractivity contribution in [2.24, 2.45) is 5.73 Å². The molecular weight excluding hydrogens is 274 g/mol. The van der Waals surface area contributed by atoms with Gasteiger partial charge in [0, 0.05) is 10.9 Å². The Morgan fingerprint density at radius 1 is 1.44 bits per heavy atom. The molecule has 0 saturated carbocycles. The molecule has 0 fully saturated rings. The number of aliphatic hydroxyl groups is 2. The summed E-state index contributed by atoms with van der Waals surface area (Å²) in [5, 5.41) is 20.0. The summed E-state index contributed by atoms with van der Waals surface area (Å²) in [6.45, 7) is 0. The molecule has 0 aliphatic heterocycles. The molecular formula is C11H14BrNO3. The Hall–Kier alpha value is -0.910. The molecule has 0 spiro atoms. The van der Waals surface area contributed by atoms with Crippen LogP contribution in [-0.2, 0) is 0 Å². The lowest BCUT2D eigenvalue weighted by Crippen LogP contribution is -2.19. The van der Waals surface area contributed by atoms with Gasteiger partial charge >= 0.3 is 0 Å². The van der Waals surface area contributed by atoms with Crippen LogP contribution in [0.1, 0.15) is 28.4 Å². The predicted octanol–water partition coefficient (Wildman–Crippen LogP) is 0.965. The minimum Gasteiger partial charge on any atom is -0.390 e. The smallest absolute Gasteiger partial charge is 0.248 e. The molecule has 0 bridgehead atoms. The lowest BCUT2D eigenvalue weighted by molar-refractivity contribution is 0.0173. The van der Waals surface area contributed by atoms with Gasteiger partial charge in [-0.3, -0.25) is 4.79 Å². The van der Waals surface area contributed by atoms with Gasteiger partial charge in [-0.25, -0.2) is 0 Å². The van der Waals surface area contributed by atoms with E-state index < -0.39 is 18.1 Å². The van der Waals surface area contributed by atoms with Crippen molar-refractivity contribution < 1.29 is 15.0 Å². The van der Waals surface area contributed by atoms with E-state index in [9.17, 15) is 15.0 Å². The standard InChI is InChI=1S/C11H14BrNO3/c12-5-4-9(14)10(15)7-2-1-3-8(6-7)11(13)16/h1-3,6,9-10,14-15H,4-5H2,(H2,13,16). The number of alkyl halides is 1. The second kappa shape index (κ2) is 5.98. The third kappa shape index (κ3) is 3.30. The quantitative estimate of drug-likeness (QED) is 0.706. The number of benzene rings is 1. The molecule has 5 heteroatoms. The zero-order valence-electron chi connectivity index (χ0n) is 8.64. The molecule has 1 aromatic rings. The maximum atomic E-state index is 10.9. The van der Waals surface area contributed by atoms with E-state index in [0.717, 1.165) is 0 Å². The van der Waals surface area contributed by atoms with Gasteiger partial charge in [-0.1, -0.05) is 28.1 Å². The second-order valence-electron chi connectivity index (χ2n) is 3.48. The number of nitrogens with two attached hydrogens (primary N) is 1. The number of hydrogen-bond donors (Lipinski definition) is 3. The summed E-state index contributed by atoms with van der Waals surface area (Å²) in [5.74, 6) is -0.552. The Labute approximate surface area is 102 Å². The van der Waals surface area contributed by atoms with Crippen molar-refractivity contribution in [3.63, 3.8) is 0 Å². The first-order valence-electron chi connectivity index (χ1n) is 4.88. The lowest BCUT2D eigenvalue weighted by Gasteiger charge is -2.17. The normalized spacial score (nSPS) is 14.4. The molecule has 1 aromatic carbocycles. The summed E-state index contributed by atoms with van der Waals surface area (Å²) in [6.07, 6.45) is -1.43. The van der Waals surface area contributed by atoms with E-state index in [1.165, 1.54) is 6.07 Å². The predicted molar refractivity (Wildman–Crippen MR) is 64.3 cm³/mol. The van der Waals surface area contributed by atoms with E-state index in [2.05, 4.69) is 15.9 Å². The van der Waals surface area contributed by atoms with Gasteiger partial charge in [-0.15, -0.1) is 0 Å². The Balaban J connectivity index is 2.86. The van der Waals surface area contributed by atoms with Crippen LogP contribution in [0.5, 0.6) is 0 Å². The average molecular weight is 288 g/mol. The topological polar surface area (TPSA) is 83.6 Å². The van der Waals surface area contributed by atoms with Gasteiger partial charge in [0.1, 0.15) is 6.10 Å². The van der Waals surface area contributed by atoms with Gasteiger partial charge in [-0.2, -0.15) is 0 Å². The number of carbonyl (C=O) groups is 1. The molecule has 4 N–H and O–H groups in total. The van der Waals surface area contributed by atoms with Gasteiger partial charge in [0.2, 0.25) is 5.91 Å². The van der Waals surface area contributed by atoms with Crippen molar-refractivity contribution in [1.29, 1.82) is 0 Å². The summed E-state index contributed by atoms with van der Waals surface area (Å²) >= 11 is 3.18. The van der Waals surface area contributed by atoms with Gasteiger partial charge < -0.3 is 15.9 Å². The van der Waals surface area contributed by atoms with Crippen LogP contribution < -0.4 is 5.73 Å². The zero-order valence-corrected chi connectivity index (χ0v) is 10.2. The summed E-state index contributed by atoms with van der Waals surface area (Å²) in [6, 6.07) is 6.33. The van der Waals surface area contributed by atoms with Crippen LogP contribution in [0.15, 0.2) is 24.3 Å². The van der Waals surface area contributed by atoms with Crippen LogP contribution in [0.2, 0.25) is 0 Å². The Morgan fingerprint density at radius 3 is 2.69 bits per heavy atom. The van der Waals surface area contributed by atoms with Crippen LogP contribution in [0.3, 0.4) is 0 Å². The number of halogens is 1. The zero-order chi connectivity index (χ0) is 12.1. The molecule has 0 aliphatic rings. The molecule has 2 atom stereocenters. The van der Waals surface area contributed by atoms with Crippen LogP contribution in [0, 0.1) is 0 Å². The van der Waals surface area contributed by atoms with Crippen molar-refractivity contribution >= 4 is 21.8 Å². The third-order valence-corrected chi connectivity index (χ3v) is 2.74. The second-order valence-corrected chi connectivity index (χ2v) is 4.27. The van der Waals surface area contributed by atoms with Crippen molar-refractivity contribution in [1.82, 2.24) is 0 Å². The molecule has 4 nitrogen and oxygen atoms in total. The van der Waals surface area contributed by atoms with Crippen molar-refractivity contribution in [3.8, 4) is 0 Å². The highest BCUT2D eigenvalue weighted by molar-refractivity contribution is 9.09. The first kappa shape index (κ1) is 13.2. The largest absolute Gasteiger partial charge is 0.390 e. The van der Waals surface area contributed by atoms with Gasteiger partial charge in [0.05, 0.1) is 6.10 Å². The fourth-order valence-corrected chi connectivity index (χ4v) is 1.84. The van der Waals surface area contributed by atoms with Crippen molar-refractivity contribution in [3.05, 3.63) is 35.4 Å². The van der Waals surface area contributed by atoms with Crippen LogP contribution in [0.4, 0.5) is 0 Å². The highest BCUT2D eigenvalue weighted by atomic mass is 79.9. The average Bonchev–Trinajstić information content (AvgIpc) is 2.28. The fourth-order valence-electron chi connectivity index (χ4n) is 1.37. The fraction of sp³-hybridized carbons (Fsp3) is 0.364. The van der Waals surface area contributed by atoms with Crippen molar-refractivity contribution in [2.45, 2.75) is 18.6 Å². The Bertz CT molecular complexity index is 370. The number of hydrogen-bond acceptors (Lipinski definition) is 3. The summed E-state index contributed by atoms with van der Waals surface area (Å²) < 4.78 is 0. The molecule has 0 heterocycles. The molecule has 1 amide bonds. The van der Waals surface area contributed by atoms with E-state index in [1.54, 1.807) is 18.2 Å². The maximum absolute atomic E-state index is 10.9. The van der Waals surface area contributed by atoms with Crippen LogP contribution >= 0.6 is 15.9 Å². The van der Waals surface area contributed by atoms with Gasteiger partial charge in [0.15, 0.2) is 0 Å². The minimum absolute atomic E-state index is 0.322. The molecule has 88 valence electrons. The molecule has 0 aromatic heterocycles. The first-order valence-corrected chi connectivity index (χ1v) is 6.00. The third-order valence-electron chi connectivity index (χ3n) is 2.28. The van der Waals surface area contributed by atoms with E-state index >= 15 is 0 Å². The van der Waals surface area contributed by atoms with E-state index in [4.69, 9.17) is 5.73 Å². The first-order chi connectivity index (χ1) is 7.56. The molecule has 1 rings (SSSR count). The number of primary amides is 1. The molecule has 0 aliphatic carbocycles. The molecule has 0 radical (unpaired) electrons. The molecule has 0 saturated heterocycles. The number of aliphatic hydroxyl groups excluding tert-OH is 2. The van der Waals surface area contributed by atoms with Crippen LogP contribution in [0.25, 0.3) is 0 Å². The van der Waals surface area contributed by atoms with E-state index in [1.807, 2.05) is 0 Å².